The Morgan fingerprint density at radius 2 is 2.12 bits per heavy atom. The van der Waals surface area contributed by atoms with Gasteiger partial charge in [-0.2, -0.15) is 0 Å². The minimum absolute atomic E-state index is 0.586. The van der Waals surface area contributed by atoms with Gasteiger partial charge in [-0.15, -0.1) is 0 Å². The fraction of sp³-hybridized carbons (Fsp3) is 0.182. The minimum atomic E-state index is -1.39. The molecule has 0 saturated heterocycles. The van der Waals surface area contributed by atoms with E-state index in [1.165, 1.54) is 5.98 Å². The van der Waals surface area contributed by atoms with Crippen LogP contribution in [0.5, 0.6) is 0 Å². The molecule has 0 radical (unpaired) electrons. The lowest BCUT2D eigenvalue weighted by atomic mass is 9.91. The molecule has 1 aromatic heterocycles. The summed E-state index contributed by atoms with van der Waals surface area (Å²) in [5, 5.41) is 17.4. The van der Waals surface area contributed by atoms with Gasteiger partial charge in [0.15, 0.2) is 0 Å². The average Bonchev–Trinajstić information content (AvgIpc) is 2.56. The van der Waals surface area contributed by atoms with Gasteiger partial charge in [-0.25, -0.2) is 4.98 Å². The molecule has 0 aliphatic carbocycles. The van der Waals surface area contributed by atoms with Gasteiger partial charge < -0.3 is 14.6 Å². The molecule has 2 aromatic rings. The first-order valence-electron chi connectivity index (χ1n) is 5.11. The van der Waals surface area contributed by atoms with E-state index in [2.05, 4.69) is 4.98 Å². The molecule has 0 unspecified atom stereocenters. The molecule has 0 spiro atoms. The summed E-state index contributed by atoms with van der Waals surface area (Å²) < 4.78 is 2.00. The first-order valence-corrected chi connectivity index (χ1v) is 5.11. The molecule has 0 aliphatic heterocycles. The third kappa shape index (κ3) is 2.15. The summed E-state index contributed by atoms with van der Waals surface area (Å²) in [4.78, 5) is 4.46. The van der Waals surface area contributed by atoms with Gasteiger partial charge in [0.1, 0.15) is 5.82 Å². The van der Waals surface area contributed by atoms with Crippen LogP contribution in [0.25, 0.3) is 11.0 Å². The maximum Gasteiger partial charge on any atom is 0.480 e. The van der Waals surface area contributed by atoms with E-state index >= 15 is 0 Å². The van der Waals surface area contributed by atoms with Crippen LogP contribution < -0.4 is 0 Å². The molecule has 0 aliphatic rings. The number of nitrogens with zero attached hydrogens (tertiary/aromatic N) is 2. The second-order valence-electron chi connectivity index (χ2n) is 3.62. The Kier molecular flexibility index (Phi) is 3.08. The van der Waals surface area contributed by atoms with Crippen molar-refractivity contribution < 1.29 is 10.0 Å². The van der Waals surface area contributed by atoms with E-state index in [1.54, 1.807) is 6.08 Å². The molecule has 0 bridgehead atoms. The number of allylic oxidation sites excluding steroid dienone is 1. The molecule has 82 valence electrons. The highest BCUT2D eigenvalue weighted by Gasteiger charge is 2.05. The predicted octanol–water partition coefficient (Wildman–Crippen LogP) is 0.684. The summed E-state index contributed by atoms with van der Waals surface area (Å²) in [6.07, 6.45) is 2.29. The molecule has 2 rings (SSSR count). The molecular formula is C11H13BN2O2. The van der Waals surface area contributed by atoms with Crippen LogP contribution in [0.3, 0.4) is 0 Å². The van der Waals surface area contributed by atoms with Crippen LogP contribution in [0.4, 0.5) is 0 Å². The van der Waals surface area contributed by atoms with Crippen molar-refractivity contribution in [3.05, 3.63) is 42.1 Å². The highest BCUT2D eigenvalue weighted by Crippen LogP contribution is 2.14. The van der Waals surface area contributed by atoms with Crippen molar-refractivity contribution in [1.82, 2.24) is 9.55 Å². The number of hydrogen-bond donors (Lipinski definition) is 2. The number of fused-ring (bicyclic) bond motifs is 1. The van der Waals surface area contributed by atoms with Crippen molar-refractivity contribution in [1.29, 1.82) is 0 Å². The summed E-state index contributed by atoms with van der Waals surface area (Å²) in [6.45, 7) is 0. The lowest BCUT2D eigenvalue weighted by molar-refractivity contribution is 0.424. The van der Waals surface area contributed by atoms with E-state index in [4.69, 9.17) is 10.0 Å². The molecule has 0 fully saturated rings. The topological polar surface area (TPSA) is 58.3 Å². The summed E-state index contributed by atoms with van der Waals surface area (Å²) in [7, 11) is 0.558. The van der Waals surface area contributed by atoms with Gasteiger partial charge in [-0.3, -0.25) is 0 Å². The number of rotatable bonds is 3. The van der Waals surface area contributed by atoms with Gasteiger partial charge in [-0.1, -0.05) is 24.2 Å². The lowest BCUT2D eigenvalue weighted by Gasteiger charge is -1.98. The van der Waals surface area contributed by atoms with Crippen molar-refractivity contribution in [2.75, 3.05) is 0 Å². The van der Waals surface area contributed by atoms with Crippen molar-refractivity contribution in [3.63, 3.8) is 0 Å². The standard InChI is InChI=1S/C11H13BN2O2/c1-14-10-6-3-2-5-9(10)13-11(14)7-4-8-12(15)16/h2-6,8,15-16H,7H2,1H3/b8-4+. The SMILES string of the molecule is Cn1c(C/C=C/B(O)O)nc2ccccc21. The van der Waals surface area contributed by atoms with Gasteiger partial charge in [-0.05, 0) is 12.1 Å². The second-order valence-corrected chi connectivity index (χ2v) is 3.62. The van der Waals surface area contributed by atoms with E-state index in [9.17, 15) is 0 Å². The minimum Gasteiger partial charge on any atom is -0.424 e. The summed E-state index contributed by atoms with van der Waals surface area (Å²) in [5.41, 5.74) is 2.04. The largest absolute Gasteiger partial charge is 0.480 e. The summed E-state index contributed by atoms with van der Waals surface area (Å²) in [6, 6.07) is 7.90. The highest BCUT2D eigenvalue weighted by atomic mass is 16.4. The molecule has 4 nitrogen and oxygen atoms in total. The van der Waals surface area contributed by atoms with Gasteiger partial charge >= 0.3 is 7.12 Å². The Labute approximate surface area is 94.0 Å². The van der Waals surface area contributed by atoms with Crippen LogP contribution >= 0.6 is 0 Å². The number of imidazole rings is 1. The maximum atomic E-state index is 8.68. The maximum absolute atomic E-state index is 8.68. The summed E-state index contributed by atoms with van der Waals surface area (Å²) in [5.74, 6) is 2.23. The Morgan fingerprint density at radius 1 is 1.38 bits per heavy atom. The van der Waals surface area contributed by atoms with Crippen molar-refractivity contribution in [3.8, 4) is 0 Å². The molecule has 16 heavy (non-hydrogen) atoms. The number of aryl methyl sites for hydroxylation is 1. The zero-order valence-electron chi connectivity index (χ0n) is 9.04. The van der Waals surface area contributed by atoms with Gasteiger partial charge in [0, 0.05) is 13.5 Å². The smallest absolute Gasteiger partial charge is 0.424 e. The van der Waals surface area contributed by atoms with Crippen LogP contribution in [-0.2, 0) is 13.5 Å². The molecule has 0 saturated carbocycles. The van der Waals surface area contributed by atoms with Gasteiger partial charge in [0.2, 0.25) is 0 Å². The molecule has 2 N–H and O–H groups in total. The summed E-state index contributed by atoms with van der Waals surface area (Å²) >= 11 is 0. The van der Waals surface area contributed by atoms with E-state index in [-0.39, 0.29) is 0 Å². The average molecular weight is 216 g/mol. The Morgan fingerprint density at radius 3 is 2.81 bits per heavy atom. The molecular weight excluding hydrogens is 203 g/mol. The molecule has 5 heteroatoms. The third-order valence-corrected chi connectivity index (χ3v) is 2.49. The molecule has 1 aromatic carbocycles. The fourth-order valence-electron chi connectivity index (χ4n) is 1.67. The quantitative estimate of drug-likeness (QED) is 0.742. The lowest BCUT2D eigenvalue weighted by Crippen LogP contribution is -2.06. The molecule has 0 atom stereocenters. The first kappa shape index (κ1) is 10.9. The van der Waals surface area contributed by atoms with Gasteiger partial charge in [0.05, 0.1) is 11.0 Å². The number of benzene rings is 1. The second kappa shape index (κ2) is 4.51. The first-order chi connectivity index (χ1) is 7.68. The van der Waals surface area contributed by atoms with E-state index in [0.29, 0.717) is 6.42 Å². The normalized spacial score (nSPS) is 11.4. The van der Waals surface area contributed by atoms with Crippen LogP contribution in [0, 0.1) is 0 Å². The van der Waals surface area contributed by atoms with E-state index in [1.807, 2.05) is 35.9 Å². The van der Waals surface area contributed by atoms with Gasteiger partial charge in [0.25, 0.3) is 0 Å². The fourth-order valence-corrected chi connectivity index (χ4v) is 1.67. The van der Waals surface area contributed by atoms with Crippen molar-refractivity contribution >= 4 is 18.2 Å². The zero-order valence-corrected chi connectivity index (χ0v) is 9.04. The highest BCUT2D eigenvalue weighted by molar-refractivity contribution is 6.47. The van der Waals surface area contributed by atoms with E-state index in [0.717, 1.165) is 16.9 Å². The third-order valence-electron chi connectivity index (χ3n) is 2.49. The number of aromatic nitrogens is 2. The number of para-hydroxylation sites is 2. The van der Waals surface area contributed by atoms with Crippen LogP contribution in [0.1, 0.15) is 5.82 Å². The van der Waals surface area contributed by atoms with E-state index < -0.39 is 7.12 Å². The molecule has 1 heterocycles. The Hall–Kier alpha value is -1.59. The number of hydrogen-bond acceptors (Lipinski definition) is 3. The van der Waals surface area contributed by atoms with Crippen molar-refractivity contribution in [2.24, 2.45) is 7.05 Å². The van der Waals surface area contributed by atoms with Crippen molar-refractivity contribution in [2.45, 2.75) is 6.42 Å². The molecule has 0 amide bonds. The van der Waals surface area contributed by atoms with Crippen LogP contribution in [-0.4, -0.2) is 26.7 Å². The van der Waals surface area contributed by atoms with Crippen LogP contribution in [0.15, 0.2) is 36.3 Å². The monoisotopic (exact) mass is 216 g/mol. The zero-order chi connectivity index (χ0) is 11.5. The Balaban J connectivity index is 2.28. The predicted molar refractivity (Wildman–Crippen MR) is 63.7 cm³/mol. The van der Waals surface area contributed by atoms with Crippen LogP contribution in [0.2, 0.25) is 0 Å². The Bertz CT molecular complexity index is 520.